The van der Waals surface area contributed by atoms with Crippen molar-refractivity contribution < 1.29 is 0 Å². The van der Waals surface area contributed by atoms with Gasteiger partial charge in [0.1, 0.15) is 0 Å². The van der Waals surface area contributed by atoms with Gasteiger partial charge in [-0.15, -0.1) is 0 Å². The lowest BCUT2D eigenvalue weighted by Gasteiger charge is -2.30. The first-order valence-electron chi connectivity index (χ1n) is 6.81. The molecule has 1 aliphatic carbocycles. The largest absolute Gasteiger partial charge is 0.0877 e. The molecule has 0 fully saturated rings. The molecule has 1 aliphatic rings. The number of allylic oxidation sites excluding steroid dienone is 8. The van der Waals surface area contributed by atoms with Gasteiger partial charge in [-0.25, -0.2) is 0 Å². The first kappa shape index (κ1) is 14.0. The maximum atomic E-state index is 2.35. The van der Waals surface area contributed by atoms with E-state index in [1.807, 2.05) is 0 Å². The van der Waals surface area contributed by atoms with E-state index in [2.05, 4.69) is 64.2 Å². The number of unbranched alkanes of at least 4 members (excludes halogenated alkanes) is 1. The molecule has 0 aromatic rings. The summed E-state index contributed by atoms with van der Waals surface area (Å²) >= 11 is 0. The van der Waals surface area contributed by atoms with Crippen molar-refractivity contribution in [3.63, 3.8) is 0 Å². The molecule has 0 aromatic heterocycles. The molecule has 0 radical (unpaired) electrons. The van der Waals surface area contributed by atoms with E-state index in [1.165, 1.54) is 30.4 Å². The lowest BCUT2D eigenvalue weighted by Crippen LogP contribution is -2.17. The Morgan fingerprint density at radius 2 is 2.06 bits per heavy atom. The van der Waals surface area contributed by atoms with Crippen LogP contribution in [0.2, 0.25) is 0 Å². The lowest BCUT2D eigenvalue weighted by atomic mass is 9.74. The molecule has 94 valence electrons. The second-order valence-corrected chi connectivity index (χ2v) is 5.42. The molecule has 0 spiro atoms. The molecule has 0 atom stereocenters. The molecule has 0 heterocycles. The fourth-order valence-electron chi connectivity index (χ4n) is 2.31. The molecular formula is C17H26. The summed E-state index contributed by atoms with van der Waals surface area (Å²) in [4.78, 5) is 0. The van der Waals surface area contributed by atoms with E-state index in [9.17, 15) is 0 Å². The maximum absolute atomic E-state index is 2.35. The van der Waals surface area contributed by atoms with Crippen LogP contribution in [0.1, 0.15) is 53.4 Å². The van der Waals surface area contributed by atoms with E-state index in [0.29, 0.717) is 0 Å². The summed E-state index contributed by atoms with van der Waals surface area (Å²) in [7, 11) is 0. The van der Waals surface area contributed by atoms with E-state index in [0.717, 1.165) is 6.42 Å². The molecular weight excluding hydrogens is 204 g/mol. The van der Waals surface area contributed by atoms with Crippen LogP contribution in [-0.4, -0.2) is 0 Å². The quantitative estimate of drug-likeness (QED) is 0.540. The van der Waals surface area contributed by atoms with Crippen molar-refractivity contribution in [3.05, 3.63) is 47.6 Å². The van der Waals surface area contributed by atoms with Crippen LogP contribution in [0.3, 0.4) is 0 Å². The Morgan fingerprint density at radius 3 is 2.71 bits per heavy atom. The molecule has 0 N–H and O–H groups in total. The van der Waals surface area contributed by atoms with Crippen molar-refractivity contribution in [2.45, 2.75) is 53.4 Å². The molecule has 0 heteroatoms. The minimum Gasteiger partial charge on any atom is -0.0877 e. The molecule has 0 nitrogen and oxygen atoms in total. The van der Waals surface area contributed by atoms with E-state index in [4.69, 9.17) is 0 Å². The Hall–Kier alpha value is -1.04. The van der Waals surface area contributed by atoms with Crippen LogP contribution in [0, 0.1) is 5.41 Å². The minimum absolute atomic E-state index is 0.288. The predicted octanol–water partition coefficient (Wildman–Crippen LogP) is 5.59. The SMILES string of the molecule is CC=CC=CC1=C(CCCC)C=CCC1(C)C. The van der Waals surface area contributed by atoms with Crippen LogP contribution in [0.15, 0.2) is 47.6 Å². The smallest absolute Gasteiger partial charge is 0.00663 e. The second-order valence-electron chi connectivity index (χ2n) is 5.42. The average molecular weight is 230 g/mol. The van der Waals surface area contributed by atoms with Crippen LogP contribution in [-0.2, 0) is 0 Å². The van der Waals surface area contributed by atoms with Gasteiger partial charge in [0.05, 0.1) is 0 Å². The maximum Gasteiger partial charge on any atom is -0.00663 e. The lowest BCUT2D eigenvalue weighted by molar-refractivity contribution is 0.453. The second kappa shape index (κ2) is 6.64. The molecule has 0 unspecified atom stereocenters. The third-order valence-electron chi connectivity index (χ3n) is 3.39. The van der Waals surface area contributed by atoms with Crippen LogP contribution in [0.5, 0.6) is 0 Å². The van der Waals surface area contributed by atoms with Gasteiger partial charge in [0.25, 0.3) is 0 Å². The fourth-order valence-corrected chi connectivity index (χ4v) is 2.31. The molecule has 0 amide bonds. The summed E-state index contributed by atoms with van der Waals surface area (Å²) in [5, 5.41) is 0. The standard InChI is InChI=1S/C17H26/c1-5-7-9-13-16-15(11-8-6-2)12-10-14-17(16,3)4/h5,7,9-10,12-13H,6,8,11,14H2,1-4H3. The van der Waals surface area contributed by atoms with Crippen LogP contribution < -0.4 is 0 Å². The van der Waals surface area contributed by atoms with Crippen LogP contribution in [0.25, 0.3) is 0 Å². The van der Waals surface area contributed by atoms with E-state index in [-0.39, 0.29) is 5.41 Å². The minimum atomic E-state index is 0.288. The Labute approximate surface area is 107 Å². The Bertz CT molecular complexity index is 348. The topological polar surface area (TPSA) is 0 Å². The third kappa shape index (κ3) is 4.03. The molecule has 1 rings (SSSR count). The summed E-state index contributed by atoms with van der Waals surface area (Å²) in [5.74, 6) is 0. The zero-order valence-corrected chi connectivity index (χ0v) is 11.8. The fraction of sp³-hybridized carbons (Fsp3) is 0.529. The highest BCUT2D eigenvalue weighted by atomic mass is 14.3. The van der Waals surface area contributed by atoms with E-state index in [1.54, 1.807) is 0 Å². The van der Waals surface area contributed by atoms with Gasteiger partial charge in [-0.1, -0.05) is 63.6 Å². The number of hydrogen-bond acceptors (Lipinski definition) is 0. The summed E-state index contributed by atoms with van der Waals surface area (Å²) in [6, 6.07) is 0. The Kier molecular flexibility index (Phi) is 5.47. The summed E-state index contributed by atoms with van der Waals surface area (Å²) in [6.45, 7) is 9.01. The van der Waals surface area contributed by atoms with Crippen LogP contribution >= 0.6 is 0 Å². The molecule has 17 heavy (non-hydrogen) atoms. The van der Waals surface area contributed by atoms with Gasteiger partial charge in [0.2, 0.25) is 0 Å². The number of hydrogen-bond donors (Lipinski definition) is 0. The van der Waals surface area contributed by atoms with Crippen molar-refractivity contribution in [2.75, 3.05) is 0 Å². The van der Waals surface area contributed by atoms with Crippen molar-refractivity contribution in [2.24, 2.45) is 5.41 Å². The predicted molar refractivity (Wildman–Crippen MR) is 78.0 cm³/mol. The van der Waals surface area contributed by atoms with Gasteiger partial charge in [0, 0.05) is 0 Å². The first-order chi connectivity index (χ1) is 8.11. The Morgan fingerprint density at radius 1 is 1.29 bits per heavy atom. The van der Waals surface area contributed by atoms with Crippen molar-refractivity contribution in [1.29, 1.82) is 0 Å². The molecule has 0 aliphatic heterocycles. The van der Waals surface area contributed by atoms with Gasteiger partial charge in [-0.3, -0.25) is 0 Å². The first-order valence-corrected chi connectivity index (χ1v) is 6.81. The summed E-state index contributed by atoms with van der Waals surface area (Å²) < 4.78 is 0. The molecule has 0 aromatic carbocycles. The van der Waals surface area contributed by atoms with Crippen molar-refractivity contribution in [1.82, 2.24) is 0 Å². The highest BCUT2D eigenvalue weighted by molar-refractivity contribution is 5.41. The van der Waals surface area contributed by atoms with E-state index < -0.39 is 0 Å². The van der Waals surface area contributed by atoms with Crippen molar-refractivity contribution in [3.8, 4) is 0 Å². The van der Waals surface area contributed by atoms with Crippen LogP contribution in [0.4, 0.5) is 0 Å². The molecule has 0 saturated carbocycles. The zero-order valence-electron chi connectivity index (χ0n) is 11.8. The highest BCUT2D eigenvalue weighted by Gasteiger charge is 2.24. The monoisotopic (exact) mass is 230 g/mol. The van der Waals surface area contributed by atoms with Crippen molar-refractivity contribution >= 4 is 0 Å². The average Bonchev–Trinajstić information content (AvgIpc) is 2.29. The van der Waals surface area contributed by atoms with Gasteiger partial charge in [0.15, 0.2) is 0 Å². The van der Waals surface area contributed by atoms with Gasteiger partial charge >= 0.3 is 0 Å². The normalized spacial score (nSPS) is 19.8. The van der Waals surface area contributed by atoms with E-state index >= 15 is 0 Å². The van der Waals surface area contributed by atoms with Gasteiger partial charge in [-0.05, 0) is 42.7 Å². The highest BCUT2D eigenvalue weighted by Crippen LogP contribution is 2.39. The summed E-state index contributed by atoms with van der Waals surface area (Å²) in [6.07, 6.45) is 18.2. The number of rotatable bonds is 5. The third-order valence-corrected chi connectivity index (χ3v) is 3.39. The summed E-state index contributed by atoms with van der Waals surface area (Å²) in [5.41, 5.74) is 3.34. The van der Waals surface area contributed by atoms with Gasteiger partial charge in [-0.2, -0.15) is 0 Å². The Balaban J connectivity index is 2.97. The molecule has 0 bridgehead atoms. The van der Waals surface area contributed by atoms with Gasteiger partial charge < -0.3 is 0 Å². The zero-order chi connectivity index (χ0) is 12.7. The molecule has 0 saturated heterocycles.